The van der Waals surface area contributed by atoms with Gasteiger partial charge in [0.05, 0.1) is 18.0 Å². The van der Waals surface area contributed by atoms with Crippen LogP contribution in [0.25, 0.3) is 0 Å². The highest BCUT2D eigenvalue weighted by Crippen LogP contribution is 2.20. The number of nitrogen functional groups attached to an aromatic ring is 1. The van der Waals surface area contributed by atoms with Crippen LogP contribution in [0.1, 0.15) is 19.4 Å². The molecular weight excluding hydrogens is 470 g/mol. The van der Waals surface area contributed by atoms with Gasteiger partial charge in [-0.25, -0.2) is 13.2 Å². The molecule has 35 heavy (non-hydrogen) atoms. The zero-order valence-corrected chi connectivity index (χ0v) is 20.6. The number of carbonyl (C=O) groups excluding carboxylic acids is 1. The van der Waals surface area contributed by atoms with Crippen LogP contribution in [0.15, 0.2) is 69.1 Å². The topological polar surface area (TPSA) is 147 Å². The molecule has 11 heteroatoms. The fraction of sp³-hybridized carbons (Fsp3) is 0.292. The first-order valence-electron chi connectivity index (χ1n) is 11.0. The number of nitrogens with two attached hydrogens (primary N) is 1. The molecule has 186 valence electrons. The molecule has 0 aliphatic heterocycles. The summed E-state index contributed by atoms with van der Waals surface area (Å²) in [6.45, 7) is 3.84. The number of anilines is 3. The van der Waals surface area contributed by atoms with E-state index in [1.54, 1.807) is 12.1 Å². The molecule has 10 nitrogen and oxygen atoms in total. The van der Waals surface area contributed by atoms with Crippen LogP contribution in [0.5, 0.6) is 0 Å². The lowest BCUT2D eigenvalue weighted by Crippen LogP contribution is -2.44. The molecule has 1 aromatic heterocycles. The van der Waals surface area contributed by atoms with Crippen molar-refractivity contribution in [2.75, 3.05) is 35.3 Å². The van der Waals surface area contributed by atoms with Gasteiger partial charge in [0.2, 0.25) is 5.91 Å². The van der Waals surface area contributed by atoms with Crippen molar-refractivity contribution in [3.05, 3.63) is 81.0 Å². The number of nitrogens with zero attached hydrogens (tertiary/aromatic N) is 2. The van der Waals surface area contributed by atoms with Crippen LogP contribution in [0.2, 0.25) is 0 Å². The number of benzene rings is 2. The van der Waals surface area contributed by atoms with Gasteiger partial charge in [0.25, 0.3) is 5.56 Å². The number of H-pyrrole nitrogens is 1. The van der Waals surface area contributed by atoms with Crippen molar-refractivity contribution in [3.8, 4) is 0 Å². The Morgan fingerprint density at radius 2 is 1.80 bits per heavy atom. The zero-order chi connectivity index (χ0) is 25.8. The minimum atomic E-state index is -3.41. The molecule has 0 bridgehead atoms. The third-order valence-corrected chi connectivity index (χ3v) is 6.33. The number of hydrogen-bond donors (Lipinski definition) is 3. The normalized spacial score (nSPS) is 11.4. The Labute approximate surface area is 203 Å². The smallest absolute Gasteiger partial charge is 0.330 e. The van der Waals surface area contributed by atoms with Gasteiger partial charge in [-0.1, -0.05) is 50.2 Å². The van der Waals surface area contributed by atoms with Gasteiger partial charge in [-0.3, -0.25) is 19.1 Å². The number of aromatic nitrogens is 2. The lowest BCUT2D eigenvalue weighted by Gasteiger charge is -2.26. The van der Waals surface area contributed by atoms with Gasteiger partial charge in [0, 0.05) is 18.5 Å². The predicted molar refractivity (Wildman–Crippen MR) is 137 cm³/mol. The Morgan fingerprint density at radius 3 is 2.43 bits per heavy atom. The Hall–Kier alpha value is -3.86. The number of aromatic amines is 1. The lowest BCUT2D eigenvalue weighted by molar-refractivity contribution is -0.117. The summed E-state index contributed by atoms with van der Waals surface area (Å²) in [6.07, 6.45) is 1.10. The molecule has 0 saturated heterocycles. The van der Waals surface area contributed by atoms with Gasteiger partial charge in [-0.05, 0) is 29.7 Å². The van der Waals surface area contributed by atoms with Gasteiger partial charge >= 0.3 is 5.69 Å². The summed E-state index contributed by atoms with van der Waals surface area (Å²) in [5.41, 5.74) is 5.98. The molecule has 3 rings (SSSR count). The van der Waals surface area contributed by atoms with Crippen LogP contribution in [0, 0.1) is 5.92 Å². The standard InChI is InChI=1S/C24H29N5O5S/c1-16(2)14-28(20(30)13-26-18-10-7-11-19(12-18)35(3,33)34)21-22(25)29(24(32)27-23(21)31)15-17-8-5-4-6-9-17/h4-12,16,26H,13-15,25H2,1-3H3,(H,27,31,32). The number of rotatable bonds is 9. The molecule has 0 saturated carbocycles. The summed E-state index contributed by atoms with van der Waals surface area (Å²) in [5.74, 6) is -0.595. The summed E-state index contributed by atoms with van der Waals surface area (Å²) in [5, 5.41) is 2.91. The number of carbonyl (C=O) groups is 1. The van der Waals surface area contributed by atoms with Gasteiger partial charge in [-0.2, -0.15) is 0 Å². The largest absolute Gasteiger partial charge is 0.383 e. The first-order chi connectivity index (χ1) is 16.5. The van der Waals surface area contributed by atoms with E-state index in [2.05, 4.69) is 10.3 Å². The summed E-state index contributed by atoms with van der Waals surface area (Å²) in [7, 11) is -3.41. The van der Waals surface area contributed by atoms with E-state index in [4.69, 9.17) is 5.73 Å². The SMILES string of the molecule is CC(C)CN(C(=O)CNc1cccc(S(C)(=O)=O)c1)c1c(N)n(Cc2ccccc2)c(=O)[nH]c1=O. The number of hydrogen-bond acceptors (Lipinski definition) is 7. The number of sulfone groups is 1. The van der Waals surface area contributed by atoms with Crippen LogP contribution in [0.4, 0.5) is 17.2 Å². The van der Waals surface area contributed by atoms with E-state index < -0.39 is 27.0 Å². The maximum atomic E-state index is 13.2. The van der Waals surface area contributed by atoms with Crippen LogP contribution >= 0.6 is 0 Å². The number of amides is 1. The van der Waals surface area contributed by atoms with E-state index >= 15 is 0 Å². The Balaban J connectivity index is 1.94. The summed E-state index contributed by atoms with van der Waals surface area (Å²) >= 11 is 0. The molecule has 1 heterocycles. The van der Waals surface area contributed by atoms with Crippen LogP contribution in [-0.2, 0) is 21.2 Å². The first-order valence-corrected chi connectivity index (χ1v) is 12.9. The molecule has 0 aliphatic rings. The Morgan fingerprint density at radius 1 is 1.11 bits per heavy atom. The molecule has 0 atom stereocenters. The van der Waals surface area contributed by atoms with E-state index in [1.807, 2.05) is 44.2 Å². The molecule has 0 aliphatic carbocycles. The van der Waals surface area contributed by atoms with Crippen molar-refractivity contribution in [2.45, 2.75) is 25.3 Å². The van der Waals surface area contributed by atoms with E-state index in [0.29, 0.717) is 5.69 Å². The second-order valence-corrected chi connectivity index (χ2v) is 10.6. The molecule has 3 aromatic rings. The molecular formula is C24H29N5O5S. The van der Waals surface area contributed by atoms with Crippen molar-refractivity contribution in [3.63, 3.8) is 0 Å². The predicted octanol–water partition coefficient (Wildman–Crippen LogP) is 1.67. The monoisotopic (exact) mass is 499 g/mol. The highest BCUT2D eigenvalue weighted by Gasteiger charge is 2.25. The quantitative estimate of drug-likeness (QED) is 0.406. The van der Waals surface area contributed by atoms with E-state index in [1.165, 1.54) is 21.6 Å². The van der Waals surface area contributed by atoms with Crippen molar-refractivity contribution < 1.29 is 13.2 Å². The maximum absolute atomic E-state index is 13.2. The lowest BCUT2D eigenvalue weighted by atomic mass is 10.2. The highest BCUT2D eigenvalue weighted by atomic mass is 32.2. The zero-order valence-electron chi connectivity index (χ0n) is 19.8. The highest BCUT2D eigenvalue weighted by molar-refractivity contribution is 7.90. The fourth-order valence-corrected chi connectivity index (χ4v) is 4.22. The van der Waals surface area contributed by atoms with E-state index in [0.717, 1.165) is 11.8 Å². The van der Waals surface area contributed by atoms with Gasteiger partial charge in [0.15, 0.2) is 15.5 Å². The van der Waals surface area contributed by atoms with Gasteiger partial charge in [0.1, 0.15) is 5.82 Å². The molecule has 1 amide bonds. The molecule has 0 fully saturated rings. The Kier molecular flexibility index (Phi) is 7.80. The minimum absolute atomic E-state index is 0.0131. The van der Waals surface area contributed by atoms with Crippen molar-refractivity contribution in [1.29, 1.82) is 0 Å². The molecule has 0 spiro atoms. The third kappa shape index (κ3) is 6.38. The third-order valence-electron chi connectivity index (χ3n) is 5.22. The second kappa shape index (κ2) is 10.6. The van der Waals surface area contributed by atoms with E-state index in [9.17, 15) is 22.8 Å². The summed E-state index contributed by atoms with van der Waals surface area (Å²) in [4.78, 5) is 42.2. The molecule has 2 aromatic carbocycles. The van der Waals surface area contributed by atoms with Crippen LogP contribution < -0.4 is 27.2 Å². The molecule has 4 N–H and O–H groups in total. The van der Waals surface area contributed by atoms with Crippen LogP contribution in [0.3, 0.4) is 0 Å². The molecule has 0 unspecified atom stereocenters. The average molecular weight is 500 g/mol. The van der Waals surface area contributed by atoms with Crippen molar-refractivity contribution in [1.82, 2.24) is 9.55 Å². The van der Waals surface area contributed by atoms with E-state index in [-0.39, 0.29) is 42.0 Å². The minimum Gasteiger partial charge on any atom is -0.383 e. The summed E-state index contributed by atoms with van der Waals surface area (Å²) in [6, 6.07) is 15.2. The Bertz CT molecular complexity index is 1430. The van der Waals surface area contributed by atoms with Gasteiger partial charge < -0.3 is 16.0 Å². The van der Waals surface area contributed by atoms with Crippen molar-refractivity contribution in [2.24, 2.45) is 5.92 Å². The first kappa shape index (κ1) is 25.8. The van der Waals surface area contributed by atoms with Gasteiger partial charge in [-0.15, -0.1) is 0 Å². The molecule has 0 radical (unpaired) electrons. The maximum Gasteiger partial charge on any atom is 0.330 e. The second-order valence-electron chi connectivity index (χ2n) is 8.62. The van der Waals surface area contributed by atoms with Crippen molar-refractivity contribution >= 4 is 32.9 Å². The average Bonchev–Trinajstić information content (AvgIpc) is 2.79. The number of nitrogens with one attached hydrogen (secondary N) is 2. The fourth-order valence-electron chi connectivity index (χ4n) is 3.55. The summed E-state index contributed by atoms with van der Waals surface area (Å²) < 4.78 is 24.9. The van der Waals surface area contributed by atoms with Crippen LogP contribution in [-0.4, -0.2) is 43.2 Å².